The number of aryl methyl sites for hydroxylation is 1. The molecular formula is C20H26N6OS. The number of thiophene rings is 1. The molecule has 3 rings (SSSR count). The number of aromatic nitrogens is 3. The minimum atomic E-state index is -0.981. The molecule has 0 saturated carbocycles. The van der Waals surface area contributed by atoms with E-state index >= 15 is 0 Å². The van der Waals surface area contributed by atoms with Crippen LogP contribution >= 0.6 is 11.3 Å². The van der Waals surface area contributed by atoms with Gasteiger partial charge < -0.3 is 20.3 Å². The van der Waals surface area contributed by atoms with Crippen molar-refractivity contribution >= 4 is 17.3 Å². The molecule has 0 aliphatic rings. The van der Waals surface area contributed by atoms with E-state index in [2.05, 4.69) is 25.8 Å². The van der Waals surface area contributed by atoms with Crippen molar-refractivity contribution in [3.8, 4) is 0 Å². The van der Waals surface area contributed by atoms with E-state index < -0.39 is 5.60 Å². The maximum absolute atomic E-state index is 10.8. The molecule has 0 fully saturated rings. The van der Waals surface area contributed by atoms with Crippen LogP contribution in [0.25, 0.3) is 0 Å². The zero-order chi connectivity index (χ0) is 20.0. The summed E-state index contributed by atoms with van der Waals surface area (Å²) < 4.78 is 1.93. The van der Waals surface area contributed by atoms with Crippen molar-refractivity contribution in [2.24, 2.45) is 12.0 Å². The average Bonchev–Trinajstić information content (AvgIpc) is 3.34. The van der Waals surface area contributed by atoms with E-state index in [1.165, 1.54) is 11.3 Å². The van der Waals surface area contributed by atoms with Crippen LogP contribution in [0.2, 0.25) is 0 Å². The Morgan fingerprint density at radius 2 is 1.96 bits per heavy atom. The van der Waals surface area contributed by atoms with Gasteiger partial charge in [0.05, 0.1) is 19.6 Å². The lowest BCUT2D eigenvalue weighted by molar-refractivity contribution is 0.0655. The van der Waals surface area contributed by atoms with Crippen LogP contribution in [0.1, 0.15) is 29.0 Å². The molecule has 1 atom stereocenters. The highest BCUT2D eigenvalue weighted by molar-refractivity contribution is 7.10. The largest absolute Gasteiger partial charge is 0.383 e. The number of guanidine groups is 1. The molecule has 0 bridgehead atoms. The van der Waals surface area contributed by atoms with E-state index in [-0.39, 0.29) is 0 Å². The van der Waals surface area contributed by atoms with E-state index in [9.17, 15) is 5.11 Å². The molecule has 3 N–H and O–H groups in total. The van der Waals surface area contributed by atoms with E-state index in [1.807, 2.05) is 66.4 Å². The van der Waals surface area contributed by atoms with Crippen LogP contribution in [-0.4, -0.2) is 32.4 Å². The van der Waals surface area contributed by atoms with Gasteiger partial charge in [-0.15, -0.1) is 21.5 Å². The summed E-state index contributed by atoms with van der Waals surface area (Å²) in [4.78, 5) is 5.57. The van der Waals surface area contributed by atoms with Gasteiger partial charge in [0.1, 0.15) is 11.4 Å². The standard InChI is InChI=1S/C20H26N6OS/c1-15-24-25-18(26(15)3)13-22-19(21-12-16-8-5-4-6-9-16)23-14-20(2,27)17-10-7-11-28-17/h4-11,27H,12-14H2,1-3H3,(H2,21,22,23). The van der Waals surface area contributed by atoms with Crippen molar-refractivity contribution in [2.45, 2.75) is 32.5 Å². The molecular weight excluding hydrogens is 372 g/mol. The van der Waals surface area contributed by atoms with Gasteiger partial charge in [0.25, 0.3) is 0 Å². The van der Waals surface area contributed by atoms with E-state index in [1.54, 1.807) is 6.92 Å². The topological polar surface area (TPSA) is 87.4 Å². The number of nitrogens with zero attached hydrogens (tertiary/aromatic N) is 4. The minimum absolute atomic E-state index is 0.339. The number of aliphatic hydroxyl groups is 1. The van der Waals surface area contributed by atoms with Gasteiger partial charge in [-0.1, -0.05) is 36.4 Å². The molecule has 3 aromatic rings. The van der Waals surface area contributed by atoms with Crippen molar-refractivity contribution in [1.82, 2.24) is 25.4 Å². The second-order valence-electron chi connectivity index (χ2n) is 6.83. The Bertz CT molecular complexity index is 902. The van der Waals surface area contributed by atoms with Crippen LogP contribution in [0.3, 0.4) is 0 Å². The first-order chi connectivity index (χ1) is 13.5. The lowest BCUT2D eigenvalue weighted by Crippen LogP contribution is -2.44. The smallest absolute Gasteiger partial charge is 0.192 e. The third-order valence-corrected chi connectivity index (χ3v) is 5.63. The second kappa shape index (κ2) is 8.99. The zero-order valence-corrected chi connectivity index (χ0v) is 17.2. The summed E-state index contributed by atoms with van der Waals surface area (Å²) in [7, 11) is 1.93. The fourth-order valence-electron chi connectivity index (χ4n) is 2.62. The van der Waals surface area contributed by atoms with Gasteiger partial charge in [-0.3, -0.25) is 0 Å². The Morgan fingerprint density at radius 3 is 2.61 bits per heavy atom. The van der Waals surface area contributed by atoms with E-state index in [0.29, 0.717) is 25.6 Å². The summed E-state index contributed by atoms with van der Waals surface area (Å²) in [6.45, 7) is 5.07. The molecule has 7 nitrogen and oxygen atoms in total. The predicted molar refractivity (Wildman–Crippen MR) is 112 cm³/mol. The van der Waals surface area contributed by atoms with Crippen molar-refractivity contribution in [3.05, 3.63) is 69.9 Å². The van der Waals surface area contributed by atoms with Crippen molar-refractivity contribution in [3.63, 3.8) is 0 Å². The normalized spacial score (nSPS) is 13.9. The summed E-state index contributed by atoms with van der Waals surface area (Å²) in [6, 6.07) is 13.9. The molecule has 0 spiro atoms. The summed E-state index contributed by atoms with van der Waals surface area (Å²) in [5, 5.41) is 27.5. The molecule has 1 unspecified atom stereocenters. The summed E-state index contributed by atoms with van der Waals surface area (Å²) >= 11 is 1.53. The molecule has 1 aromatic carbocycles. The molecule has 8 heteroatoms. The Hall–Kier alpha value is -2.71. The number of rotatable bonds is 7. The molecule has 28 heavy (non-hydrogen) atoms. The molecule has 2 aromatic heterocycles. The van der Waals surface area contributed by atoms with Crippen LogP contribution < -0.4 is 10.6 Å². The first-order valence-electron chi connectivity index (χ1n) is 9.13. The second-order valence-corrected chi connectivity index (χ2v) is 7.78. The zero-order valence-electron chi connectivity index (χ0n) is 16.4. The van der Waals surface area contributed by atoms with Gasteiger partial charge in [-0.2, -0.15) is 0 Å². The van der Waals surface area contributed by atoms with E-state index in [4.69, 9.17) is 0 Å². The van der Waals surface area contributed by atoms with Gasteiger partial charge in [-0.25, -0.2) is 4.99 Å². The highest BCUT2D eigenvalue weighted by atomic mass is 32.1. The molecule has 0 saturated heterocycles. The average molecular weight is 399 g/mol. The van der Waals surface area contributed by atoms with Crippen LogP contribution in [0.4, 0.5) is 0 Å². The summed E-state index contributed by atoms with van der Waals surface area (Å²) in [5.74, 6) is 2.28. The van der Waals surface area contributed by atoms with Crippen LogP contribution in [0, 0.1) is 6.92 Å². The molecule has 148 valence electrons. The Balaban J connectivity index is 1.69. The number of aliphatic imine (C=N–C) groups is 1. The Labute approximate surface area is 169 Å². The summed E-state index contributed by atoms with van der Waals surface area (Å²) in [5.41, 5.74) is 0.133. The first-order valence-corrected chi connectivity index (χ1v) is 10.0. The fourth-order valence-corrected chi connectivity index (χ4v) is 3.41. The van der Waals surface area contributed by atoms with E-state index in [0.717, 1.165) is 22.1 Å². The molecule has 0 aliphatic heterocycles. The third kappa shape index (κ3) is 5.17. The monoisotopic (exact) mass is 398 g/mol. The lowest BCUT2D eigenvalue weighted by Gasteiger charge is -2.24. The maximum Gasteiger partial charge on any atom is 0.192 e. The SMILES string of the molecule is Cc1nnc(CNC(=NCc2ccccc2)NCC(C)(O)c2cccs2)n1C. The first kappa shape index (κ1) is 20.0. The fraction of sp³-hybridized carbons (Fsp3) is 0.350. The molecule has 0 amide bonds. The number of benzene rings is 1. The number of hydrogen-bond donors (Lipinski definition) is 3. The predicted octanol–water partition coefficient (Wildman–Crippen LogP) is 2.33. The molecule has 0 aliphatic carbocycles. The summed E-state index contributed by atoms with van der Waals surface area (Å²) in [6.07, 6.45) is 0. The highest BCUT2D eigenvalue weighted by Crippen LogP contribution is 2.24. The molecule has 0 radical (unpaired) electrons. The van der Waals surface area contributed by atoms with Gasteiger partial charge in [0.2, 0.25) is 0 Å². The van der Waals surface area contributed by atoms with Crippen LogP contribution in [-0.2, 0) is 25.7 Å². The van der Waals surface area contributed by atoms with Crippen LogP contribution in [0.15, 0.2) is 52.8 Å². The highest BCUT2D eigenvalue weighted by Gasteiger charge is 2.24. The van der Waals surface area contributed by atoms with Crippen molar-refractivity contribution < 1.29 is 5.11 Å². The van der Waals surface area contributed by atoms with Gasteiger partial charge >= 0.3 is 0 Å². The van der Waals surface area contributed by atoms with Crippen molar-refractivity contribution in [1.29, 1.82) is 0 Å². The van der Waals surface area contributed by atoms with Crippen LogP contribution in [0.5, 0.6) is 0 Å². The Morgan fingerprint density at radius 1 is 1.18 bits per heavy atom. The Kier molecular flexibility index (Phi) is 6.43. The molecule has 2 heterocycles. The van der Waals surface area contributed by atoms with Gasteiger partial charge in [0.15, 0.2) is 11.8 Å². The van der Waals surface area contributed by atoms with Gasteiger partial charge in [-0.05, 0) is 30.9 Å². The maximum atomic E-state index is 10.8. The lowest BCUT2D eigenvalue weighted by atomic mass is 10.1. The number of nitrogens with one attached hydrogen (secondary N) is 2. The number of hydrogen-bond acceptors (Lipinski definition) is 5. The third-order valence-electron chi connectivity index (χ3n) is 4.51. The quantitative estimate of drug-likeness (QED) is 0.420. The van der Waals surface area contributed by atoms with Gasteiger partial charge in [0, 0.05) is 11.9 Å². The van der Waals surface area contributed by atoms with Crippen molar-refractivity contribution in [2.75, 3.05) is 6.54 Å². The minimum Gasteiger partial charge on any atom is -0.383 e.